The van der Waals surface area contributed by atoms with Crippen molar-refractivity contribution in [1.82, 2.24) is 0 Å². The number of rotatable bonds is 7. The van der Waals surface area contributed by atoms with Crippen LogP contribution in [0.4, 0.5) is 15.8 Å². The van der Waals surface area contributed by atoms with Gasteiger partial charge in [-0.2, -0.15) is 0 Å². The number of ether oxygens (including phenoxy) is 1. The zero-order valence-electron chi connectivity index (χ0n) is 15.9. The Labute approximate surface area is 164 Å². The number of anilines is 2. The highest BCUT2D eigenvalue weighted by Gasteiger charge is 2.22. The van der Waals surface area contributed by atoms with Gasteiger partial charge in [-0.25, -0.2) is 4.39 Å². The molecule has 4 nitrogen and oxygen atoms in total. The molecule has 5 heteroatoms. The van der Waals surface area contributed by atoms with Crippen molar-refractivity contribution in [3.05, 3.63) is 89.7 Å². The van der Waals surface area contributed by atoms with Crippen molar-refractivity contribution in [2.75, 3.05) is 17.2 Å². The average Bonchev–Trinajstić information content (AvgIpc) is 2.71. The van der Waals surface area contributed by atoms with Crippen molar-refractivity contribution in [2.45, 2.75) is 19.9 Å². The highest BCUT2D eigenvalue weighted by Crippen LogP contribution is 2.27. The third-order valence-electron chi connectivity index (χ3n) is 4.32. The Kier molecular flexibility index (Phi) is 6.27. The van der Waals surface area contributed by atoms with E-state index in [1.54, 1.807) is 31.2 Å². The summed E-state index contributed by atoms with van der Waals surface area (Å²) in [5.41, 5.74) is 2.45. The van der Waals surface area contributed by atoms with Crippen molar-refractivity contribution in [2.24, 2.45) is 0 Å². The minimum atomic E-state index is -0.696. The Bertz CT molecular complexity index is 944. The van der Waals surface area contributed by atoms with Gasteiger partial charge in [-0.15, -0.1) is 0 Å². The highest BCUT2D eigenvalue weighted by molar-refractivity contribution is 5.98. The lowest BCUT2D eigenvalue weighted by Crippen LogP contribution is -2.27. The van der Waals surface area contributed by atoms with E-state index in [4.69, 9.17) is 4.74 Å². The predicted molar refractivity (Wildman–Crippen MR) is 110 cm³/mol. The van der Waals surface area contributed by atoms with Gasteiger partial charge in [0.1, 0.15) is 17.6 Å². The first-order valence-electron chi connectivity index (χ1n) is 9.19. The molecule has 0 aliphatic heterocycles. The van der Waals surface area contributed by atoms with Gasteiger partial charge in [0.05, 0.1) is 12.3 Å². The number of hydrogen-bond acceptors (Lipinski definition) is 3. The summed E-state index contributed by atoms with van der Waals surface area (Å²) in [5, 5.41) is 6.06. The Morgan fingerprint density at radius 1 is 1.04 bits per heavy atom. The van der Waals surface area contributed by atoms with Gasteiger partial charge in [-0.3, -0.25) is 4.79 Å². The Hall–Kier alpha value is -3.34. The molecule has 0 aromatic heterocycles. The summed E-state index contributed by atoms with van der Waals surface area (Å²) in [5.74, 6) is 0.0183. The number of amides is 1. The Balaban J connectivity index is 1.88. The van der Waals surface area contributed by atoms with E-state index in [1.807, 2.05) is 49.4 Å². The summed E-state index contributed by atoms with van der Waals surface area (Å²) in [6, 6.07) is 20.7. The SMILES string of the molecule is CCOc1ccccc1NC(=O)[C@@H](Nc1ccc(C)c(F)c1)c1ccccc1. The van der Waals surface area contributed by atoms with Crippen molar-refractivity contribution in [1.29, 1.82) is 0 Å². The van der Waals surface area contributed by atoms with E-state index >= 15 is 0 Å². The minimum Gasteiger partial charge on any atom is -0.492 e. The zero-order chi connectivity index (χ0) is 19.9. The van der Waals surface area contributed by atoms with E-state index in [2.05, 4.69) is 10.6 Å². The molecule has 2 N–H and O–H groups in total. The lowest BCUT2D eigenvalue weighted by Gasteiger charge is -2.21. The molecule has 0 bridgehead atoms. The Morgan fingerprint density at radius 2 is 1.75 bits per heavy atom. The van der Waals surface area contributed by atoms with Gasteiger partial charge in [0.15, 0.2) is 0 Å². The molecule has 3 rings (SSSR count). The summed E-state index contributed by atoms with van der Waals surface area (Å²) < 4.78 is 19.5. The van der Waals surface area contributed by atoms with Gasteiger partial charge >= 0.3 is 0 Å². The first-order chi connectivity index (χ1) is 13.6. The molecule has 3 aromatic rings. The number of carbonyl (C=O) groups excluding carboxylic acids is 1. The molecular formula is C23H23FN2O2. The van der Waals surface area contributed by atoms with E-state index in [9.17, 15) is 9.18 Å². The maximum Gasteiger partial charge on any atom is 0.251 e. The van der Waals surface area contributed by atoms with Crippen molar-refractivity contribution in [3.8, 4) is 5.75 Å². The lowest BCUT2D eigenvalue weighted by atomic mass is 10.1. The summed E-state index contributed by atoms with van der Waals surface area (Å²) in [7, 11) is 0. The normalized spacial score (nSPS) is 11.5. The minimum absolute atomic E-state index is 0.265. The smallest absolute Gasteiger partial charge is 0.251 e. The van der Waals surface area contributed by atoms with Crippen LogP contribution in [-0.4, -0.2) is 12.5 Å². The molecule has 0 heterocycles. The van der Waals surface area contributed by atoms with Crippen LogP contribution in [0.1, 0.15) is 24.1 Å². The Morgan fingerprint density at radius 3 is 2.46 bits per heavy atom. The van der Waals surface area contributed by atoms with E-state index < -0.39 is 6.04 Å². The summed E-state index contributed by atoms with van der Waals surface area (Å²) >= 11 is 0. The molecule has 0 aliphatic rings. The van der Waals surface area contributed by atoms with Crippen molar-refractivity contribution >= 4 is 17.3 Å². The molecule has 28 heavy (non-hydrogen) atoms. The van der Waals surface area contributed by atoms with Crippen molar-refractivity contribution in [3.63, 3.8) is 0 Å². The molecule has 0 fully saturated rings. The molecule has 3 aromatic carbocycles. The summed E-state index contributed by atoms with van der Waals surface area (Å²) in [4.78, 5) is 13.1. The van der Waals surface area contributed by atoms with Crippen LogP contribution in [0.3, 0.4) is 0 Å². The van der Waals surface area contributed by atoms with Crippen LogP contribution in [0.2, 0.25) is 0 Å². The van der Waals surface area contributed by atoms with Gasteiger partial charge in [0.2, 0.25) is 0 Å². The molecule has 0 saturated carbocycles. The maximum atomic E-state index is 14.0. The molecule has 0 saturated heterocycles. The fourth-order valence-electron chi connectivity index (χ4n) is 2.85. The number of halogens is 1. The third kappa shape index (κ3) is 4.68. The van der Waals surface area contributed by atoms with Gasteiger partial charge in [-0.05, 0) is 49.2 Å². The summed E-state index contributed by atoms with van der Waals surface area (Å²) in [6.45, 7) is 4.08. The standard InChI is InChI=1S/C23H23FN2O2/c1-3-28-21-12-8-7-11-20(21)26-23(27)22(17-9-5-4-6-10-17)25-18-14-13-16(2)19(24)15-18/h4-15,22,25H,3H2,1-2H3,(H,26,27)/t22-/m0/s1. The molecule has 0 aliphatic carbocycles. The van der Waals surface area contributed by atoms with Crippen LogP contribution in [0.25, 0.3) is 0 Å². The van der Waals surface area contributed by atoms with Crippen LogP contribution in [0.15, 0.2) is 72.8 Å². The van der Waals surface area contributed by atoms with Gasteiger partial charge < -0.3 is 15.4 Å². The van der Waals surface area contributed by atoms with Crippen LogP contribution in [0.5, 0.6) is 5.75 Å². The first kappa shape index (κ1) is 19.4. The molecule has 0 unspecified atom stereocenters. The molecule has 144 valence electrons. The van der Waals surface area contributed by atoms with Gasteiger partial charge in [-0.1, -0.05) is 48.5 Å². The van der Waals surface area contributed by atoms with E-state index in [-0.39, 0.29) is 11.7 Å². The number of aryl methyl sites for hydroxylation is 1. The topological polar surface area (TPSA) is 50.4 Å². The molecule has 0 radical (unpaired) electrons. The number of benzene rings is 3. The first-order valence-corrected chi connectivity index (χ1v) is 9.19. The number of carbonyl (C=O) groups is 1. The lowest BCUT2D eigenvalue weighted by molar-refractivity contribution is -0.117. The highest BCUT2D eigenvalue weighted by atomic mass is 19.1. The fourth-order valence-corrected chi connectivity index (χ4v) is 2.85. The fraction of sp³-hybridized carbons (Fsp3) is 0.174. The number of para-hydroxylation sites is 2. The van der Waals surface area contributed by atoms with E-state index in [1.165, 1.54) is 6.07 Å². The summed E-state index contributed by atoms with van der Waals surface area (Å²) in [6.07, 6.45) is 0. The second kappa shape index (κ2) is 9.04. The molecule has 0 spiro atoms. The predicted octanol–water partition coefficient (Wildman–Crippen LogP) is 5.32. The zero-order valence-corrected chi connectivity index (χ0v) is 15.9. The number of nitrogens with one attached hydrogen (secondary N) is 2. The van der Waals surface area contributed by atoms with Crippen LogP contribution in [-0.2, 0) is 4.79 Å². The van der Waals surface area contributed by atoms with Gasteiger partial charge in [0.25, 0.3) is 5.91 Å². The second-order valence-electron chi connectivity index (χ2n) is 6.37. The largest absolute Gasteiger partial charge is 0.492 e. The second-order valence-corrected chi connectivity index (χ2v) is 6.37. The number of hydrogen-bond donors (Lipinski definition) is 2. The monoisotopic (exact) mass is 378 g/mol. The van der Waals surface area contributed by atoms with Crippen LogP contribution < -0.4 is 15.4 Å². The quantitative estimate of drug-likeness (QED) is 0.585. The molecule has 1 atom stereocenters. The van der Waals surface area contributed by atoms with Gasteiger partial charge in [0, 0.05) is 5.69 Å². The maximum absolute atomic E-state index is 14.0. The van der Waals surface area contributed by atoms with E-state index in [0.717, 1.165) is 5.56 Å². The van der Waals surface area contributed by atoms with Crippen LogP contribution in [0, 0.1) is 12.7 Å². The van der Waals surface area contributed by atoms with Crippen LogP contribution >= 0.6 is 0 Å². The molecule has 1 amide bonds. The third-order valence-corrected chi connectivity index (χ3v) is 4.32. The van der Waals surface area contributed by atoms with Crippen molar-refractivity contribution < 1.29 is 13.9 Å². The molecular weight excluding hydrogens is 355 g/mol. The average molecular weight is 378 g/mol. The van der Waals surface area contributed by atoms with E-state index in [0.29, 0.717) is 29.3 Å².